The lowest BCUT2D eigenvalue weighted by Crippen LogP contribution is -2.67. The van der Waals surface area contributed by atoms with E-state index in [-0.39, 0.29) is 52.6 Å². The van der Waals surface area contributed by atoms with Crippen LogP contribution in [0.2, 0.25) is 0 Å². The number of anilines is 1. The topological polar surface area (TPSA) is 119 Å². The Bertz CT molecular complexity index is 1570. The van der Waals surface area contributed by atoms with Crippen molar-refractivity contribution in [3.63, 3.8) is 0 Å². The molecule has 2 aliphatic carbocycles. The number of piperidine rings is 3. The number of hydrogen-bond donors (Lipinski definition) is 1. The van der Waals surface area contributed by atoms with E-state index in [4.69, 9.17) is 4.74 Å². The highest BCUT2D eigenvalue weighted by atomic mass is 19.1. The molecule has 3 amide bonds. The first-order valence-electron chi connectivity index (χ1n) is 18.1. The van der Waals surface area contributed by atoms with Gasteiger partial charge in [-0.05, 0) is 102 Å². The average molecular weight is 677 g/mol. The quantitative estimate of drug-likeness (QED) is 0.342. The first-order valence-corrected chi connectivity index (χ1v) is 18.1. The fraction of sp³-hybridized carbons (Fsp3) is 0.649. The molecule has 6 fully saturated rings. The second kappa shape index (κ2) is 13.1. The summed E-state index contributed by atoms with van der Waals surface area (Å²) in [6, 6.07) is 3.20. The Morgan fingerprint density at radius 1 is 1.04 bits per heavy atom. The molecule has 5 heterocycles. The van der Waals surface area contributed by atoms with Crippen LogP contribution in [0.5, 0.6) is 11.5 Å². The van der Waals surface area contributed by atoms with E-state index in [0.29, 0.717) is 30.6 Å². The van der Waals surface area contributed by atoms with Crippen molar-refractivity contribution in [3.05, 3.63) is 42.1 Å². The highest BCUT2D eigenvalue weighted by molar-refractivity contribution is 5.97. The van der Waals surface area contributed by atoms with E-state index in [0.717, 1.165) is 57.5 Å². The number of likely N-dealkylation sites (tertiary alicyclic amines) is 1. The van der Waals surface area contributed by atoms with Gasteiger partial charge in [-0.3, -0.25) is 14.5 Å². The number of fused-ring (bicyclic) bond motifs is 3. The van der Waals surface area contributed by atoms with E-state index in [1.54, 1.807) is 16.0 Å². The number of aromatic nitrogens is 2. The molecule has 1 aromatic heterocycles. The highest BCUT2D eigenvalue weighted by Gasteiger charge is 2.54. The van der Waals surface area contributed by atoms with Gasteiger partial charge in [-0.2, -0.15) is 0 Å². The van der Waals surface area contributed by atoms with Crippen LogP contribution < -0.4 is 9.64 Å². The molecule has 2 bridgehead atoms. The van der Waals surface area contributed by atoms with Gasteiger partial charge in [0.2, 0.25) is 5.91 Å². The van der Waals surface area contributed by atoms with Crippen molar-refractivity contribution in [2.45, 2.75) is 103 Å². The van der Waals surface area contributed by atoms with E-state index in [1.165, 1.54) is 37.4 Å². The van der Waals surface area contributed by atoms with Crippen LogP contribution >= 0.6 is 0 Å². The fourth-order valence-corrected chi connectivity index (χ4v) is 9.31. The van der Waals surface area contributed by atoms with E-state index >= 15 is 0 Å². The summed E-state index contributed by atoms with van der Waals surface area (Å²) in [4.78, 5) is 56.0. The maximum atomic E-state index is 14.4. The largest absolute Gasteiger partial charge is 0.465 e. The van der Waals surface area contributed by atoms with Crippen LogP contribution in [0.25, 0.3) is 0 Å². The maximum Gasteiger partial charge on any atom is 0.408 e. The number of hydrogen-bond acceptors (Lipinski definition) is 7. The number of carbonyl (C=O) groups is 3. The molecule has 1 spiro atoms. The first kappa shape index (κ1) is 33.5. The minimum absolute atomic E-state index is 0.0123. The molecule has 4 aliphatic heterocycles. The van der Waals surface area contributed by atoms with Gasteiger partial charge in [0.15, 0.2) is 11.6 Å². The van der Waals surface area contributed by atoms with Gasteiger partial charge in [0.1, 0.15) is 23.9 Å². The molecule has 12 heteroatoms. The van der Waals surface area contributed by atoms with Crippen molar-refractivity contribution in [2.75, 3.05) is 31.1 Å². The normalized spacial score (nSPS) is 25.9. The second-order valence-electron chi connectivity index (χ2n) is 15.7. The third kappa shape index (κ3) is 6.43. The van der Waals surface area contributed by atoms with Crippen molar-refractivity contribution < 1.29 is 28.6 Å². The fourth-order valence-electron chi connectivity index (χ4n) is 9.31. The van der Waals surface area contributed by atoms with Gasteiger partial charge >= 0.3 is 6.09 Å². The number of ether oxygens (including phenoxy) is 1. The van der Waals surface area contributed by atoms with E-state index in [9.17, 15) is 23.9 Å². The number of amides is 3. The molecule has 4 atom stereocenters. The zero-order chi connectivity index (χ0) is 34.6. The molecule has 1 N–H and O–H groups in total. The Kier molecular flexibility index (Phi) is 8.94. The molecule has 8 rings (SSSR count). The molecule has 0 unspecified atom stereocenters. The van der Waals surface area contributed by atoms with Gasteiger partial charge in [0, 0.05) is 49.7 Å². The van der Waals surface area contributed by atoms with E-state index < -0.39 is 18.0 Å². The van der Waals surface area contributed by atoms with Gasteiger partial charge in [-0.25, -0.2) is 19.2 Å². The van der Waals surface area contributed by atoms with Crippen molar-refractivity contribution in [1.82, 2.24) is 24.7 Å². The molecule has 2 aromatic rings. The highest BCUT2D eigenvalue weighted by Crippen LogP contribution is 2.50. The van der Waals surface area contributed by atoms with Crippen LogP contribution in [-0.4, -0.2) is 98.0 Å². The Hall–Kier alpha value is -3.96. The molecular weight excluding hydrogens is 627 g/mol. The van der Waals surface area contributed by atoms with Crippen molar-refractivity contribution in [3.8, 4) is 11.5 Å². The Morgan fingerprint density at radius 3 is 2.41 bits per heavy atom. The van der Waals surface area contributed by atoms with Crippen molar-refractivity contribution in [2.24, 2.45) is 23.2 Å². The van der Waals surface area contributed by atoms with Gasteiger partial charge in [-0.1, -0.05) is 12.8 Å². The molecule has 0 radical (unpaired) electrons. The number of benzene rings is 1. The second-order valence-corrected chi connectivity index (χ2v) is 15.7. The Balaban J connectivity index is 1.00. The number of nitrogens with zero attached hydrogens (tertiary/aromatic N) is 6. The summed E-state index contributed by atoms with van der Waals surface area (Å²) in [5.41, 5.74) is 0.152. The van der Waals surface area contributed by atoms with Gasteiger partial charge in [-0.15, -0.1) is 0 Å². The molecule has 2 saturated carbocycles. The van der Waals surface area contributed by atoms with Crippen LogP contribution in [0.1, 0.15) is 89.4 Å². The molecule has 4 saturated heterocycles. The number of carbonyl (C=O) groups excluding carboxylic acids is 2. The van der Waals surface area contributed by atoms with E-state index in [1.807, 2.05) is 32.6 Å². The van der Waals surface area contributed by atoms with Gasteiger partial charge in [0.25, 0.3) is 5.91 Å². The summed E-state index contributed by atoms with van der Waals surface area (Å²) in [5, 5.41) is 10.2. The Labute approximate surface area is 287 Å². The first-order chi connectivity index (χ1) is 23.4. The molecule has 49 heavy (non-hydrogen) atoms. The molecule has 264 valence electrons. The van der Waals surface area contributed by atoms with Crippen LogP contribution in [0.4, 0.5) is 15.0 Å². The summed E-state index contributed by atoms with van der Waals surface area (Å²) in [5.74, 6) is 1.61. The number of rotatable bonds is 9. The van der Waals surface area contributed by atoms with Gasteiger partial charge in [0.05, 0.1) is 11.8 Å². The molecule has 6 aliphatic rings. The zero-order valence-electron chi connectivity index (χ0n) is 29.1. The van der Waals surface area contributed by atoms with Crippen molar-refractivity contribution in [1.29, 1.82) is 0 Å². The summed E-state index contributed by atoms with van der Waals surface area (Å²) in [6.45, 7) is 10.4. The summed E-state index contributed by atoms with van der Waals surface area (Å²) in [6.07, 6.45) is 10.1. The number of carboxylic acid groups (broad SMARTS) is 1. The van der Waals surface area contributed by atoms with Crippen LogP contribution in [0.15, 0.2) is 30.7 Å². The SMILES string of the molecule is CC(C)N(C(=O)c1cc(F)ccc1Oc1cncnc1N1CC2(CCN(C(=O)[C@@H]3[C@@H]4CC[C@@H]([C@@H](CC5CC5)C4)N3C(=O)O)CC2)C1)C(C)C. The zero-order valence-corrected chi connectivity index (χ0v) is 29.1. The lowest BCUT2D eigenvalue weighted by molar-refractivity contribution is -0.149. The molecular formula is C37H49FN6O5. The lowest BCUT2D eigenvalue weighted by Gasteiger charge is -2.56. The lowest BCUT2D eigenvalue weighted by atomic mass is 9.66. The summed E-state index contributed by atoms with van der Waals surface area (Å²) >= 11 is 0. The number of halogens is 1. The third-order valence-corrected chi connectivity index (χ3v) is 11.8. The monoisotopic (exact) mass is 676 g/mol. The van der Waals surface area contributed by atoms with Crippen LogP contribution in [0, 0.1) is 29.0 Å². The standard InChI is InChI=1S/C37H49FN6O5/c1-22(2)43(23(3)4)34(45)28-17-27(38)8-10-30(28)49-31-18-39-21-40-33(31)42-19-37(20-42)11-13-41(14-12-37)35(46)32-25-7-9-29(44(32)36(47)48)26(16-25)15-24-5-6-24/h8,10,17-18,21-26,29,32H,5-7,9,11-16,19-20H2,1-4H3,(H,47,48)/t25-,26+,29+,32+/m1/s1. The van der Waals surface area contributed by atoms with Crippen LogP contribution in [0.3, 0.4) is 0 Å². The average Bonchev–Trinajstić information content (AvgIpc) is 3.88. The minimum Gasteiger partial charge on any atom is -0.465 e. The molecule has 1 aromatic carbocycles. The maximum absolute atomic E-state index is 14.4. The van der Waals surface area contributed by atoms with Gasteiger partial charge < -0.3 is 24.5 Å². The molecule has 11 nitrogen and oxygen atoms in total. The third-order valence-electron chi connectivity index (χ3n) is 11.8. The smallest absolute Gasteiger partial charge is 0.408 e. The predicted octanol–water partition coefficient (Wildman–Crippen LogP) is 6.04. The summed E-state index contributed by atoms with van der Waals surface area (Å²) < 4.78 is 20.7. The van der Waals surface area contributed by atoms with Crippen LogP contribution in [-0.2, 0) is 4.79 Å². The van der Waals surface area contributed by atoms with E-state index in [2.05, 4.69) is 14.9 Å². The van der Waals surface area contributed by atoms with Crippen molar-refractivity contribution >= 4 is 23.7 Å². The summed E-state index contributed by atoms with van der Waals surface area (Å²) in [7, 11) is 0. The predicted molar refractivity (Wildman–Crippen MR) is 181 cm³/mol. The Morgan fingerprint density at radius 2 is 1.76 bits per heavy atom. The minimum atomic E-state index is -0.950.